The number of nitrogens with one attached hydrogen (secondary N) is 1. The molecule has 1 atom stereocenters. The van der Waals surface area contributed by atoms with Gasteiger partial charge in [0.05, 0.1) is 6.54 Å². The molecule has 1 aliphatic heterocycles. The summed E-state index contributed by atoms with van der Waals surface area (Å²) in [4.78, 5) is 24.9. The number of likely N-dealkylation sites (tertiary alicyclic amines) is 1. The van der Waals surface area contributed by atoms with E-state index in [1.165, 1.54) is 4.90 Å². The van der Waals surface area contributed by atoms with E-state index < -0.39 is 11.5 Å². The van der Waals surface area contributed by atoms with Crippen molar-refractivity contribution in [3.05, 3.63) is 0 Å². The Kier molecular flexibility index (Phi) is 3.38. The van der Waals surface area contributed by atoms with Crippen molar-refractivity contribution in [1.82, 2.24) is 10.2 Å². The molecule has 1 unspecified atom stereocenters. The minimum absolute atomic E-state index is 0.0819. The fraction of sp³-hybridized carbons (Fsp3) is 0.833. The Morgan fingerprint density at radius 2 is 2.12 bits per heavy atom. The molecular weight excluding hydrogens is 220 g/mol. The number of hydrogen-bond acceptors (Lipinski definition) is 3. The molecule has 0 aromatic carbocycles. The van der Waals surface area contributed by atoms with Gasteiger partial charge in [0.1, 0.15) is 5.54 Å². The van der Waals surface area contributed by atoms with Gasteiger partial charge in [-0.1, -0.05) is 0 Å². The first-order chi connectivity index (χ1) is 8.04. The third-order valence-corrected chi connectivity index (χ3v) is 3.77. The zero-order chi connectivity index (χ0) is 12.5. The normalized spacial score (nSPS) is 29.1. The van der Waals surface area contributed by atoms with Crippen LogP contribution in [0.1, 0.15) is 39.0 Å². The largest absolute Gasteiger partial charge is 0.480 e. The van der Waals surface area contributed by atoms with Gasteiger partial charge in [-0.25, -0.2) is 4.79 Å². The highest BCUT2D eigenvalue weighted by Gasteiger charge is 2.43. The van der Waals surface area contributed by atoms with Crippen LogP contribution in [0.5, 0.6) is 0 Å². The lowest BCUT2D eigenvalue weighted by Gasteiger charge is -2.41. The number of hydrogen-bond donors (Lipinski definition) is 2. The van der Waals surface area contributed by atoms with Crippen molar-refractivity contribution in [3.63, 3.8) is 0 Å². The molecule has 0 radical (unpaired) electrons. The molecule has 17 heavy (non-hydrogen) atoms. The smallest absolute Gasteiger partial charge is 0.329 e. The molecule has 96 valence electrons. The first kappa shape index (κ1) is 12.4. The highest BCUT2D eigenvalue weighted by atomic mass is 16.4. The van der Waals surface area contributed by atoms with E-state index in [9.17, 15) is 14.7 Å². The number of amides is 1. The van der Waals surface area contributed by atoms with Crippen LogP contribution in [0.15, 0.2) is 0 Å². The molecule has 2 N–H and O–H groups in total. The van der Waals surface area contributed by atoms with Crippen LogP contribution >= 0.6 is 0 Å². The number of carbonyl (C=O) groups is 2. The predicted molar refractivity (Wildman–Crippen MR) is 62.6 cm³/mol. The second-order valence-corrected chi connectivity index (χ2v) is 5.24. The summed E-state index contributed by atoms with van der Waals surface area (Å²) in [5.74, 6) is -0.974. The Morgan fingerprint density at radius 1 is 1.41 bits per heavy atom. The highest BCUT2D eigenvalue weighted by Crippen LogP contribution is 2.28. The van der Waals surface area contributed by atoms with Crippen LogP contribution in [0.3, 0.4) is 0 Å². The van der Waals surface area contributed by atoms with Gasteiger partial charge in [-0.15, -0.1) is 0 Å². The summed E-state index contributed by atoms with van der Waals surface area (Å²) in [7, 11) is 0. The maximum absolute atomic E-state index is 12.1. The van der Waals surface area contributed by atoms with E-state index in [1.807, 2.05) is 0 Å². The Hall–Kier alpha value is -1.10. The second kappa shape index (κ2) is 4.64. The van der Waals surface area contributed by atoms with Crippen LogP contribution in [-0.2, 0) is 9.59 Å². The molecule has 2 aliphatic rings. The maximum Gasteiger partial charge on any atom is 0.329 e. The molecule has 1 saturated heterocycles. The van der Waals surface area contributed by atoms with Gasteiger partial charge >= 0.3 is 5.97 Å². The third kappa shape index (κ3) is 2.60. The number of aliphatic carboxylic acids is 1. The summed E-state index contributed by atoms with van der Waals surface area (Å²) in [5, 5.41) is 12.4. The van der Waals surface area contributed by atoms with Crippen LogP contribution < -0.4 is 5.32 Å². The summed E-state index contributed by atoms with van der Waals surface area (Å²) in [6.07, 6.45) is 4.59. The predicted octanol–water partition coefficient (Wildman–Crippen LogP) is 0.594. The molecule has 5 heteroatoms. The Balaban J connectivity index is 1.99. The molecule has 2 fully saturated rings. The SMILES string of the molecule is CC1(C(=O)O)CCCCN1C(=O)CNC1CC1. The van der Waals surface area contributed by atoms with Crippen molar-refractivity contribution in [1.29, 1.82) is 0 Å². The van der Waals surface area contributed by atoms with E-state index >= 15 is 0 Å². The molecule has 2 rings (SSSR count). The zero-order valence-electron chi connectivity index (χ0n) is 10.2. The number of rotatable bonds is 4. The number of carbonyl (C=O) groups excluding carboxylic acids is 1. The van der Waals surface area contributed by atoms with Crippen molar-refractivity contribution < 1.29 is 14.7 Å². The van der Waals surface area contributed by atoms with Gasteiger partial charge in [-0.2, -0.15) is 0 Å². The molecule has 1 heterocycles. The van der Waals surface area contributed by atoms with Gasteiger partial charge in [0.2, 0.25) is 5.91 Å². The quantitative estimate of drug-likeness (QED) is 0.754. The van der Waals surface area contributed by atoms with Gasteiger partial charge in [0.25, 0.3) is 0 Å². The number of carboxylic acids is 1. The van der Waals surface area contributed by atoms with Crippen molar-refractivity contribution in [2.45, 2.75) is 50.6 Å². The van der Waals surface area contributed by atoms with E-state index in [2.05, 4.69) is 5.32 Å². The average Bonchev–Trinajstić information content (AvgIpc) is 3.10. The molecule has 0 aromatic rings. The standard InChI is InChI=1S/C12H20N2O3/c1-12(11(16)17)6-2-3-7-14(12)10(15)8-13-9-4-5-9/h9,13H,2-8H2,1H3,(H,16,17). The Labute approximate surface area is 101 Å². The van der Waals surface area contributed by atoms with Crippen LogP contribution in [0.4, 0.5) is 0 Å². The monoisotopic (exact) mass is 240 g/mol. The Bertz CT molecular complexity index is 328. The lowest BCUT2D eigenvalue weighted by Crippen LogP contribution is -2.59. The molecule has 5 nitrogen and oxygen atoms in total. The average molecular weight is 240 g/mol. The molecule has 0 aromatic heterocycles. The fourth-order valence-electron chi connectivity index (χ4n) is 2.36. The van der Waals surface area contributed by atoms with E-state index in [4.69, 9.17) is 0 Å². The Morgan fingerprint density at radius 3 is 2.71 bits per heavy atom. The van der Waals surface area contributed by atoms with Crippen molar-refractivity contribution in [2.24, 2.45) is 0 Å². The summed E-state index contributed by atoms with van der Waals surface area (Å²) in [5.41, 5.74) is -1.01. The number of piperidine rings is 1. The van der Waals surface area contributed by atoms with E-state index in [-0.39, 0.29) is 12.5 Å². The van der Waals surface area contributed by atoms with Crippen LogP contribution in [-0.4, -0.2) is 46.6 Å². The van der Waals surface area contributed by atoms with Crippen molar-refractivity contribution in [2.75, 3.05) is 13.1 Å². The lowest BCUT2D eigenvalue weighted by atomic mass is 9.88. The van der Waals surface area contributed by atoms with E-state index in [1.54, 1.807) is 6.92 Å². The topological polar surface area (TPSA) is 69.6 Å². The van der Waals surface area contributed by atoms with Crippen molar-refractivity contribution >= 4 is 11.9 Å². The minimum Gasteiger partial charge on any atom is -0.480 e. The van der Waals surface area contributed by atoms with E-state index in [0.717, 1.165) is 25.7 Å². The first-order valence-electron chi connectivity index (χ1n) is 6.31. The van der Waals surface area contributed by atoms with E-state index in [0.29, 0.717) is 19.0 Å². The van der Waals surface area contributed by atoms with Gasteiger partial charge in [0, 0.05) is 12.6 Å². The zero-order valence-corrected chi connectivity index (χ0v) is 10.2. The summed E-state index contributed by atoms with van der Waals surface area (Å²) in [6.45, 7) is 2.49. The molecule has 1 aliphatic carbocycles. The fourth-order valence-corrected chi connectivity index (χ4v) is 2.36. The van der Waals surface area contributed by atoms with Crippen molar-refractivity contribution in [3.8, 4) is 0 Å². The minimum atomic E-state index is -1.01. The van der Waals surface area contributed by atoms with Crippen LogP contribution in [0, 0.1) is 0 Å². The van der Waals surface area contributed by atoms with Gasteiger partial charge in [-0.05, 0) is 39.0 Å². The van der Waals surface area contributed by atoms with Gasteiger partial charge in [-0.3, -0.25) is 4.79 Å². The lowest BCUT2D eigenvalue weighted by molar-refractivity contribution is -0.160. The molecule has 1 amide bonds. The summed E-state index contributed by atoms with van der Waals surface area (Å²) in [6, 6.07) is 0.472. The summed E-state index contributed by atoms with van der Waals surface area (Å²) < 4.78 is 0. The molecule has 0 bridgehead atoms. The number of nitrogens with zero attached hydrogens (tertiary/aromatic N) is 1. The molecule has 0 spiro atoms. The number of carboxylic acid groups (broad SMARTS) is 1. The van der Waals surface area contributed by atoms with Crippen LogP contribution in [0.25, 0.3) is 0 Å². The van der Waals surface area contributed by atoms with Gasteiger partial charge in [0.15, 0.2) is 0 Å². The first-order valence-corrected chi connectivity index (χ1v) is 6.31. The van der Waals surface area contributed by atoms with Crippen LogP contribution in [0.2, 0.25) is 0 Å². The maximum atomic E-state index is 12.1. The third-order valence-electron chi connectivity index (χ3n) is 3.77. The molecule has 1 saturated carbocycles. The highest BCUT2D eigenvalue weighted by molar-refractivity contribution is 5.87. The molecular formula is C12H20N2O3. The summed E-state index contributed by atoms with van der Waals surface area (Å²) >= 11 is 0. The second-order valence-electron chi connectivity index (χ2n) is 5.24. The van der Waals surface area contributed by atoms with Gasteiger partial charge < -0.3 is 15.3 Å².